The molecule has 1 aromatic heterocycles. The predicted octanol–water partition coefficient (Wildman–Crippen LogP) is 2.42. The summed E-state index contributed by atoms with van der Waals surface area (Å²) in [5.41, 5.74) is 1.70. The van der Waals surface area contributed by atoms with Crippen molar-refractivity contribution in [2.75, 3.05) is 20.1 Å². The lowest BCUT2D eigenvalue weighted by Crippen LogP contribution is -2.44. The molecule has 1 fully saturated rings. The molecule has 1 atom stereocenters. The van der Waals surface area contributed by atoms with Gasteiger partial charge in [-0.1, -0.05) is 6.42 Å². The molecule has 1 aromatic rings. The fraction of sp³-hybridized carbons (Fsp3) is 0.667. The second-order valence-corrected chi connectivity index (χ2v) is 5.55. The van der Waals surface area contributed by atoms with Gasteiger partial charge in [0.1, 0.15) is 11.5 Å². The Morgan fingerprint density at radius 3 is 2.58 bits per heavy atom. The molecule has 1 N–H and O–H groups in total. The van der Waals surface area contributed by atoms with E-state index in [1.54, 1.807) is 0 Å². The van der Waals surface area contributed by atoms with E-state index in [-0.39, 0.29) is 5.91 Å². The maximum atomic E-state index is 12.5. The minimum atomic E-state index is 0.0687. The Morgan fingerprint density at radius 2 is 2.05 bits per heavy atom. The average molecular weight is 264 g/mol. The molecule has 1 aliphatic rings. The van der Waals surface area contributed by atoms with E-state index in [9.17, 15) is 4.79 Å². The number of likely N-dealkylation sites (N-methyl/N-ethyl adjacent to an activating group) is 1. The van der Waals surface area contributed by atoms with Crippen molar-refractivity contribution in [1.82, 2.24) is 10.2 Å². The van der Waals surface area contributed by atoms with Gasteiger partial charge in [0.25, 0.3) is 5.91 Å². The molecule has 1 unspecified atom stereocenters. The van der Waals surface area contributed by atoms with E-state index in [4.69, 9.17) is 4.42 Å². The minimum absolute atomic E-state index is 0.0687. The zero-order valence-corrected chi connectivity index (χ0v) is 12.4. The lowest BCUT2D eigenvalue weighted by atomic mass is 10.0. The molecule has 19 heavy (non-hydrogen) atoms. The molecule has 0 aliphatic carbocycles. The van der Waals surface area contributed by atoms with E-state index >= 15 is 0 Å². The minimum Gasteiger partial charge on any atom is -0.466 e. The summed E-state index contributed by atoms with van der Waals surface area (Å²) in [5, 5.41) is 3.47. The van der Waals surface area contributed by atoms with Crippen LogP contribution in [0.15, 0.2) is 4.42 Å². The van der Waals surface area contributed by atoms with E-state index in [1.165, 1.54) is 12.8 Å². The maximum Gasteiger partial charge on any atom is 0.257 e. The first kappa shape index (κ1) is 14.1. The number of nitrogens with one attached hydrogen (secondary N) is 1. The number of hydrogen-bond donors (Lipinski definition) is 1. The average Bonchev–Trinajstić information content (AvgIpc) is 2.63. The molecule has 1 saturated heterocycles. The molecule has 1 amide bonds. The first-order valence-corrected chi connectivity index (χ1v) is 7.06. The van der Waals surface area contributed by atoms with Gasteiger partial charge in [0.2, 0.25) is 0 Å². The molecule has 2 heterocycles. The SMILES string of the molecule is Cc1oc(C)c(C(=O)N(C)CC2CCCCN2)c1C. The van der Waals surface area contributed by atoms with Gasteiger partial charge in [0.05, 0.1) is 5.56 Å². The molecule has 0 bridgehead atoms. The summed E-state index contributed by atoms with van der Waals surface area (Å²) in [4.78, 5) is 14.3. The van der Waals surface area contributed by atoms with E-state index in [2.05, 4.69) is 5.32 Å². The second-order valence-electron chi connectivity index (χ2n) is 5.55. The molecule has 2 rings (SSSR count). The highest BCUT2D eigenvalue weighted by Crippen LogP contribution is 2.22. The van der Waals surface area contributed by atoms with Crippen LogP contribution in [0.3, 0.4) is 0 Å². The van der Waals surface area contributed by atoms with E-state index in [0.29, 0.717) is 6.04 Å². The molecule has 0 saturated carbocycles. The number of hydrogen-bond acceptors (Lipinski definition) is 3. The Labute approximate surface area is 115 Å². The van der Waals surface area contributed by atoms with E-state index in [1.807, 2.05) is 32.7 Å². The van der Waals surface area contributed by atoms with Crippen molar-refractivity contribution in [2.45, 2.75) is 46.1 Å². The van der Waals surface area contributed by atoms with Crippen LogP contribution in [0.2, 0.25) is 0 Å². The highest BCUT2D eigenvalue weighted by atomic mass is 16.3. The highest BCUT2D eigenvalue weighted by molar-refractivity contribution is 5.96. The van der Waals surface area contributed by atoms with E-state index in [0.717, 1.165) is 42.2 Å². The number of amides is 1. The smallest absolute Gasteiger partial charge is 0.257 e. The molecule has 4 nitrogen and oxygen atoms in total. The summed E-state index contributed by atoms with van der Waals surface area (Å²) in [6, 6.07) is 0.427. The summed E-state index contributed by atoms with van der Waals surface area (Å²) >= 11 is 0. The van der Waals surface area contributed by atoms with Crippen molar-refractivity contribution < 1.29 is 9.21 Å². The summed E-state index contributed by atoms with van der Waals surface area (Å²) in [7, 11) is 1.87. The van der Waals surface area contributed by atoms with Crippen molar-refractivity contribution in [1.29, 1.82) is 0 Å². The van der Waals surface area contributed by atoms with Gasteiger partial charge in [0, 0.05) is 25.2 Å². The summed E-state index contributed by atoms with van der Waals surface area (Å²) < 4.78 is 5.54. The Balaban J connectivity index is 2.05. The van der Waals surface area contributed by atoms with Crippen molar-refractivity contribution in [2.24, 2.45) is 0 Å². The summed E-state index contributed by atoms with van der Waals surface area (Å²) in [6.07, 6.45) is 3.65. The number of piperidine rings is 1. The largest absolute Gasteiger partial charge is 0.466 e. The molecule has 0 aromatic carbocycles. The van der Waals surface area contributed by atoms with Gasteiger partial charge in [-0.15, -0.1) is 0 Å². The molecule has 1 aliphatic heterocycles. The van der Waals surface area contributed by atoms with Gasteiger partial charge in [0.15, 0.2) is 0 Å². The number of carbonyl (C=O) groups excluding carboxylic acids is 1. The van der Waals surface area contributed by atoms with Gasteiger partial charge >= 0.3 is 0 Å². The van der Waals surface area contributed by atoms with Crippen LogP contribution in [0.1, 0.15) is 46.7 Å². The Kier molecular flexibility index (Phi) is 4.30. The Hall–Kier alpha value is -1.29. The third-order valence-corrected chi connectivity index (χ3v) is 4.03. The van der Waals surface area contributed by atoms with Crippen LogP contribution in [0.25, 0.3) is 0 Å². The molecular weight excluding hydrogens is 240 g/mol. The zero-order chi connectivity index (χ0) is 14.0. The van der Waals surface area contributed by atoms with Crippen LogP contribution in [0, 0.1) is 20.8 Å². The van der Waals surface area contributed by atoms with Gasteiger partial charge in [-0.3, -0.25) is 4.79 Å². The first-order valence-electron chi connectivity index (χ1n) is 7.06. The Bertz CT molecular complexity index is 459. The maximum absolute atomic E-state index is 12.5. The van der Waals surface area contributed by atoms with Crippen LogP contribution in [0.5, 0.6) is 0 Å². The van der Waals surface area contributed by atoms with Crippen molar-refractivity contribution in [3.63, 3.8) is 0 Å². The number of rotatable bonds is 3. The summed E-state index contributed by atoms with van der Waals surface area (Å²) in [6.45, 7) is 7.55. The normalized spacial score (nSPS) is 19.5. The Morgan fingerprint density at radius 1 is 1.32 bits per heavy atom. The van der Waals surface area contributed by atoms with Crippen LogP contribution in [0.4, 0.5) is 0 Å². The van der Waals surface area contributed by atoms with Gasteiger partial charge in [-0.25, -0.2) is 0 Å². The van der Waals surface area contributed by atoms with Gasteiger partial charge < -0.3 is 14.6 Å². The third-order valence-electron chi connectivity index (χ3n) is 4.03. The fourth-order valence-electron chi connectivity index (χ4n) is 2.79. The molecule has 106 valence electrons. The van der Waals surface area contributed by atoms with Crippen LogP contribution < -0.4 is 5.32 Å². The van der Waals surface area contributed by atoms with Crippen LogP contribution in [-0.4, -0.2) is 37.0 Å². The monoisotopic (exact) mass is 264 g/mol. The van der Waals surface area contributed by atoms with Crippen molar-refractivity contribution in [3.05, 3.63) is 22.6 Å². The second kappa shape index (κ2) is 5.78. The topological polar surface area (TPSA) is 45.5 Å². The lowest BCUT2D eigenvalue weighted by Gasteiger charge is -2.28. The quantitative estimate of drug-likeness (QED) is 0.912. The summed E-state index contributed by atoms with van der Waals surface area (Å²) in [5.74, 6) is 1.63. The van der Waals surface area contributed by atoms with Gasteiger partial charge in [-0.2, -0.15) is 0 Å². The molecule has 0 radical (unpaired) electrons. The standard InChI is InChI=1S/C15H24N2O2/c1-10-11(2)19-12(3)14(10)15(18)17(4)9-13-7-5-6-8-16-13/h13,16H,5-9H2,1-4H3. The molecule has 4 heteroatoms. The van der Waals surface area contributed by atoms with Crippen LogP contribution in [-0.2, 0) is 0 Å². The first-order chi connectivity index (χ1) is 9.00. The van der Waals surface area contributed by atoms with Crippen molar-refractivity contribution in [3.8, 4) is 0 Å². The number of carbonyl (C=O) groups is 1. The van der Waals surface area contributed by atoms with Gasteiger partial charge in [-0.05, 0) is 40.2 Å². The van der Waals surface area contributed by atoms with Crippen molar-refractivity contribution >= 4 is 5.91 Å². The number of aryl methyl sites for hydroxylation is 2. The number of furan rings is 1. The molecular formula is C15H24N2O2. The number of nitrogens with zero attached hydrogens (tertiary/aromatic N) is 1. The molecule has 0 spiro atoms. The lowest BCUT2D eigenvalue weighted by molar-refractivity contribution is 0.0773. The predicted molar refractivity (Wildman–Crippen MR) is 75.5 cm³/mol. The van der Waals surface area contributed by atoms with E-state index < -0.39 is 0 Å². The van der Waals surface area contributed by atoms with Crippen LogP contribution >= 0.6 is 0 Å². The third kappa shape index (κ3) is 3.00. The fourth-order valence-corrected chi connectivity index (χ4v) is 2.79. The highest BCUT2D eigenvalue weighted by Gasteiger charge is 2.24. The zero-order valence-electron chi connectivity index (χ0n) is 12.4.